The van der Waals surface area contributed by atoms with Crippen molar-refractivity contribution in [2.75, 3.05) is 19.0 Å². The van der Waals surface area contributed by atoms with Crippen molar-refractivity contribution in [3.8, 4) is 11.4 Å². The minimum absolute atomic E-state index is 0.0138. The van der Waals surface area contributed by atoms with E-state index >= 15 is 0 Å². The normalized spacial score (nSPS) is 18.4. The second-order valence-corrected chi connectivity index (χ2v) is 7.87. The van der Waals surface area contributed by atoms with Gasteiger partial charge in [0.25, 0.3) is 0 Å². The van der Waals surface area contributed by atoms with Crippen molar-refractivity contribution in [1.82, 2.24) is 10.1 Å². The van der Waals surface area contributed by atoms with Crippen LogP contribution < -0.4 is 0 Å². The van der Waals surface area contributed by atoms with Crippen molar-refractivity contribution in [1.29, 1.82) is 0 Å². The highest BCUT2D eigenvalue weighted by Gasteiger charge is 2.25. The van der Waals surface area contributed by atoms with Gasteiger partial charge in [0.2, 0.25) is 11.7 Å². The van der Waals surface area contributed by atoms with Crippen LogP contribution in [0.15, 0.2) is 22.7 Å². The summed E-state index contributed by atoms with van der Waals surface area (Å²) in [7, 11) is -3.35. The molecule has 1 aromatic heterocycles. The van der Waals surface area contributed by atoms with E-state index in [1.165, 1.54) is 6.07 Å². The molecule has 0 spiro atoms. The van der Waals surface area contributed by atoms with E-state index in [4.69, 9.17) is 9.26 Å². The number of aromatic nitrogens is 2. The number of benzene rings is 1. The van der Waals surface area contributed by atoms with Crippen LogP contribution in [0.2, 0.25) is 0 Å². The van der Waals surface area contributed by atoms with E-state index in [9.17, 15) is 12.8 Å². The maximum atomic E-state index is 13.6. The maximum Gasteiger partial charge on any atom is 0.242 e. The molecular weight excluding hydrogens is 323 g/mol. The highest BCUT2D eigenvalue weighted by atomic mass is 32.2. The monoisotopic (exact) mass is 340 g/mol. The first-order valence-electron chi connectivity index (χ1n) is 7.30. The van der Waals surface area contributed by atoms with Crippen LogP contribution in [0.4, 0.5) is 4.39 Å². The lowest BCUT2D eigenvalue weighted by atomic mass is 10.1. The van der Waals surface area contributed by atoms with Crippen molar-refractivity contribution in [2.45, 2.75) is 19.1 Å². The number of rotatable bonds is 5. The van der Waals surface area contributed by atoms with Crippen LogP contribution in [0, 0.1) is 18.7 Å². The van der Waals surface area contributed by atoms with Gasteiger partial charge >= 0.3 is 0 Å². The zero-order valence-corrected chi connectivity index (χ0v) is 13.5. The van der Waals surface area contributed by atoms with E-state index in [2.05, 4.69) is 10.1 Å². The van der Waals surface area contributed by atoms with Gasteiger partial charge in [-0.2, -0.15) is 4.98 Å². The first-order valence-corrected chi connectivity index (χ1v) is 9.12. The number of aryl methyl sites for hydroxylation is 1. The number of hydrogen-bond acceptors (Lipinski definition) is 6. The molecule has 8 heteroatoms. The summed E-state index contributed by atoms with van der Waals surface area (Å²) in [4.78, 5) is 4.06. The molecule has 1 atom stereocenters. The first kappa shape index (κ1) is 16.1. The number of sulfone groups is 1. The predicted molar refractivity (Wildman–Crippen MR) is 80.8 cm³/mol. The zero-order chi connectivity index (χ0) is 16.4. The third kappa shape index (κ3) is 3.94. The Morgan fingerprint density at radius 1 is 1.39 bits per heavy atom. The lowest BCUT2D eigenvalue weighted by Crippen LogP contribution is -2.18. The SMILES string of the molecule is Cc1ccc(-c2noc(CS(=O)(=O)C[C@H]3CCOC3)n2)cc1F. The zero-order valence-electron chi connectivity index (χ0n) is 12.7. The summed E-state index contributed by atoms with van der Waals surface area (Å²) in [5.74, 6) is -0.427. The van der Waals surface area contributed by atoms with E-state index < -0.39 is 9.84 Å². The van der Waals surface area contributed by atoms with E-state index in [0.29, 0.717) is 24.3 Å². The topological polar surface area (TPSA) is 82.3 Å². The average Bonchev–Trinajstić information content (AvgIpc) is 3.13. The molecule has 6 nitrogen and oxygen atoms in total. The molecule has 0 radical (unpaired) electrons. The fourth-order valence-electron chi connectivity index (χ4n) is 2.48. The molecule has 0 saturated carbocycles. The molecular formula is C15H17FN2O4S. The van der Waals surface area contributed by atoms with Gasteiger partial charge in [0.15, 0.2) is 9.84 Å². The molecule has 2 heterocycles. The van der Waals surface area contributed by atoms with Gasteiger partial charge in [-0.3, -0.25) is 0 Å². The van der Waals surface area contributed by atoms with E-state index in [-0.39, 0.29) is 35.0 Å². The Kier molecular flexibility index (Phi) is 4.45. The molecule has 1 fully saturated rings. The Balaban J connectivity index is 1.72. The first-order chi connectivity index (χ1) is 10.9. The summed E-state index contributed by atoms with van der Waals surface area (Å²) >= 11 is 0. The lowest BCUT2D eigenvalue weighted by Gasteiger charge is -2.06. The van der Waals surface area contributed by atoms with Crippen molar-refractivity contribution in [3.05, 3.63) is 35.5 Å². The van der Waals surface area contributed by atoms with Crippen LogP contribution >= 0.6 is 0 Å². The van der Waals surface area contributed by atoms with E-state index in [1.54, 1.807) is 19.1 Å². The molecule has 1 aliphatic heterocycles. The van der Waals surface area contributed by atoms with Gasteiger partial charge < -0.3 is 9.26 Å². The number of ether oxygens (including phenoxy) is 1. The van der Waals surface area contributed by atoms with Gasteiger partial charge in [-0.25, -0.2) is 12.8 Å². The fourth-order valence-corrected chi connectivity index (χ4v) is 4.08. The standard InChI is InChI=1S/C15H17FN2O4S/c1-10-2-3-12(6-13(10)16)15-17-14(22-18-15)9-23(19,20)8-11-4-5-21-7-11/h2-3,6,11H,4-5,7-9H2,1H3/t11-/m0/s1. The molecule has 0 unspecified atom stereocenters. The third-order valence-electron chi connectivity index (χ3n) is 3.76. The minimum atomic E-state index is -3.35. The summed E-state index contributed by atoms with van der Waals surface area (Å²) in [5, 5.41) is 3.73. The van der Waals surface area contributed by atoms with Crippen LogP contribution in [0.5, 0.6) is 0 Å². The Labute approximate surface area is 133 Å². The smallest absolute Gasteiger partial charge is 0.242 e. The van der Waals surface area contributed by atoms with Crippen LogP contribution in [0.3, 0.4) is 0 Å². The van der Waals surface area contributed by atoms with Gasteiger partial charge in [0.1, 0.15) is 11.6 Å². The average molecular weight is 340 g/mol. The summed E-state index contributed by atoms with van der Waals surface area (Å²) in [6.07, 6.45) is 0.747. The van der Waals surface area contributed by atoms with Crippen molar-refractivity contribution < 1.29 is 22.1 Å². The maximum absolute atomic E-state index is 13.6. The summed E-state index contributed by atoms with van der Waals surface area (Å²) in [6, 6.07) is 4.57. The highest BCUT2D eigenvalue weighted by molar-refractivity contribution is 7.90. The summed E-state index contributed by atoms with van der Waals surface area (Å²) in [6.45, 7) is 2.72. The van der Waals surface area contributed by atoms with Crippen molar-refractivity contribution in [2.24, 2.45) is 5.92 Å². The van der Waals surface area contributed by atoms with Crippen molar-refractivity contribution >= 4 is 9.84 Å². The molecule has 2 aromatic rings. The molecule has 1 aliphatic rings. The second-order valence-electron chi connectivity index (χ2n) is 5.76. The number of halogens is 1. The van der Waals surface area contributed by atoms with Gasteiger partial charge in [0, 0.05) is 12.2 Å². The molecule has 3 rings (SSSR count). The largest absolute Gasteiger partial charge is 0.381 e. The Bertz CT molecular complexity index is 798. The summed E-state index contributed by atoms with van der Waals surface area (Å²) in [5.41, 5.74) is 0.962. The van der Waals surface area contributed by atoms with Crippen molar-refractivity contribution in [3.63, 3.8) is 0 Å². The molecule has 0 amide bonds. The Morgan fingerprint density at radius 2 is 2.22 bits per heavy atom. The van der Waals surface area contributed by atoms with Crippen LogP contribution in [0.1, 0.15) is 17.9 Å². The highest BCUT2D eigenvalue weighted by Crippen LogP contribution is 2.21. The van der Waals surface area contributed by atoms with Gasteiger partial charge in [-0.05, 0) is 30.9 Å². The third-order valence-corrected chi connectivity index (χ3v) is 5.42. The minimum Gasteiger partial charge on any atom is -0.381 e. The van der Waals surface area contributed by atoms with Crippen LogP contribution in [0.25, 0.3) is 11.4 Å². The Hall–Kier alpha value is -1.80. The Morgan fingerprint density at radius 3 is 2.91 bits per heavy atom. The molecule has 0 bridgehead atoms. The lowest BCUT2D eigenvalue weighted by molar-refractivity contribution is 0.188. The van der Waals surface area contributed by atoms with E-state index in [1.807, 2.05) is 0 Å². The molecule has 124 valence electrons. The molecule has 0 N–H and O–H groups in total. The number of nitrogens with zero attached hydrogens (tertiary/aromatic N) is 2. The predicted octanol–water partition coefficient (Wildman–Crippen LogP) is 2.14. The fraction of sp³-hybridized carbons (Fsp3) is 0.467. The molecule has 23 heavy (non-hydrogen) atoms. The van der Waals surface area contributed by atoms with E-state index in [0.717, 1.165) is 6.42 Å². The van der Waals surface area contributed by atoms with Crippen LogP contribution in [-0.2, 0) is 20.3 Å². The molecule has 1 aromatic carbocycles. The molecule has 0 aliphatic carbocycles. The molecule has 1 saturated heterocycles. The second kappa shape index (κ2) is 6.37. The quantitative estimate of drug-likeness (QED) is 0.829. The number of hydrogen-bond donors (Lipinski definition) is 0. The summed E-state index contributed by atoms with van der Waals surface area (Å²) < 4.78 is 48.1. The van der Waals surface area contributed by atoms with Gasteiger partial charge in [0.05, 0.1) is 12.4 Å². The van der Waals surface area contributed by atoms with Crippen LogP contribution in [-0.4, -0.2) is 37.5 Å². The van der Waals surface area contributed by atoms with Gasteiger partial charge in [-0.1, -0.05) is 17.3 Å². The van der Waals surface area contributed by atoms with Gasteiger partial charge in [-0.15, -0.1) is 0 Å².